The molecule has 1 rings (SSSR count). The topological polar surface area (TPSA) is 35.2 Å². The Balaban J connectivity index is 3.22. The molecule has 0 saturated carbocycles. The number of halogens is 2. The first kappa shape index (κ1) is 9.65. The summed E-state index contributed by atoms with van der Waals surface area (Å²) in [6.07, 6.45) is 0. The molecule has 12 heavy (non-hydrogen) atoms. The van der Waals surface area contributed by atoms with Crippen molar-refractivity contribution in [1.29, 1.82) is 0 Å². The Hall–Kier alpha value is -0.440. The molecular formula is C8H9Cl2NO. The first-order valence-electron chi connectivity index (χ1n) is 3.41. The number of methoxy groups -OCH3 is 1. The summed E-state index contributed by atoms with van der Waals surface area (Å²) in [6.45, 7) is 0.357. The van der Waals surface area contributed by atoms with Gasteiger partial charge in [-0.15, -0.1) is 0 Å². The van der Waals surface area contributed by atoms with Gasteiger partial charge in [0.2, 0.25) is 0 Å². The van der Waals surface area contributed by atoms with Crippen LogP contribution in [-0.2, 0) is 6.54 Å². The van der Waals surface area contributed by atoms with Crippen molar-refractivity contribution < 1.29 is 4.74 Å². The summed E-state index contributed by atoms with van der Waals surface area (Å²) in [5.74, 6) is 0.560. The standard InChI is InChI=1S/C8H9Cl2NO/c1-12-7-3-6(9)2-5(4-11)8(7)10/h2-3H,4,11H2,1H3. The van der Waals surface area contributed by atoms with Crippen LogP contribution in [-0.4, -0.2) is 7.11 Å². The molecule has 2 N–H and O–H groups in total. The van der Waals surface area contributed by atoms with Gasteiger partial charge in [0, 0.05) is 17.6 Å². The third kappa shape index (κ3) is 1.83. The number of hydrogen-bond donors (Lipinski definition) is 1. The molecule has 0 atom stereocenters. The molecule has 2 nitrogen and oxygen atoms in total. The molecule has 0 radical (unpaired) electrons. The van der Waals surface area contributed by atoms with Crippen LogP contribution >= 0.6 is 23.2 Å². The van der Waals surface area contributed by atoms with E-state index in [1.165, 1.54) is 7.11 Å². The van der Waals surface area contributed by atoms with E-state index in [1.54, 1.807) is 12.1 Å². The average molecular weight is 206 g/mol. The van der Waals surface area contributed by atoms with Crippen molar-refractivity contribution in [2.75, 3.05) is 7.11 Å². The summed E-state index contributed by atoms with van der Waals surface area (Å²) in [4.78, 5) is 0. The number of hydrogen-bond acceptors (Lipinski definition) is 2. The van der Waals surface area contributed by atoms with E-state index in [0.29, 0.717) is 22.3 Å². The van der Waals surface area contributed by atoms with Gasteiger partial charge in [0.05, 0.1) is 12.1 Å². The Labute approximate surface area is 81.2 Å². The van der Waals surface area contributed by atoms with Crippen LogP contribution in [0.1, 0.15) is 5.56 Å². The third-order valence-electron chi connectivity index (χ3n) is 1.52. The first-order valence-corrected chi connectivity index (χ1v) is 4.16. The lowest BCUT2D eigenvalue weighted by atomic mass is 10.2. The number of rotatable bonds is 2. The van der Waals surface area contributed by atoms with Gasteiger partial charge >= 0.3 is 0 Å². The van der Waals surface area contributed by atoms with Crippen molar-refractivity contribution in [1.82, 2.24) is 0 Å². The van der Waals surface area contributed by atoms with Crippen molar-refractivity contribution in [2.45, 2.75) is 6.54 Å². The van der Waals surface area contributed by atoms with Gasteiger partial charge in [0.1, 0.15) is 5.75 Å². The van der Waals surface area contributed by atoms with Crippen molar-refractivity contribution in [3.05, 3.63) is 27.7 Å². The monoisotopic (exact) mass is 205 g/mol. The van der Waals surface area contributed by atoms with Gasteiger partial charge in [-0.2, -0.15) is 0 Å². The maximum Gasteiger partial charge on any atom is 0.139 e. The van der Waals surface area contributed by atoms with Crippen LogP contribution in [0.2, 0.25) is 10.0 Å². The molecule has 0 heterocycles. The zero-order chi connectivity index (χ0) is 9.14. The van der Waals surface area contributed by atoms with Gasteiger partial charge in [-0.25, -0.2) is 0 Å². The van der Waals surface area contributed by atoms with E-state index < -0.39 is 0 Å². The first-order chi connectivity index (χ1) is 5.69. The predicted octanol–water partition coefficient (Wildman–Crippen LogP) is 2.46. The van der Waals surface area contributed by atoms with E-state index in [0.717, 1.165) is 5.56 Å². The Morgan fingerprint density at radius 3 is 2.58 bits per heavy atom. The quantitative estimate of drug-likeness (QED) is 0.806. The van der Waals surface area contributed by atoms with Gasteiger partial charge in [0.15, 0.2) is 0 Å². The fourth-order valence-corrected chi connectivity index (χ4v) is 1.41. The van der Waals surface area contributed by atoms with Gasteiger partial charge < -0.3 is 10.5 Å². The molecule has 0 fully saturated rings. The fraction of sp³-hybridized carbons (Fsp3) is 0.250. The maximum atomic E-state index is 5.92. The molecule has 0 unspecified atom stereocenters. The molecule has 0 aliphatic rings. The van der Waals surface area contributed by atoms with Crippen LogP contribution in [0.3, 0.4) is 0 Å². The Bertz CT molecular complexity index is 263. The molecule has 0 bridgehead atoms. The second-order valence-corrected chi connectivity index (χ2v) is 3.10. The molecule has 0 aliphatic carbocycles. The zero-order valence-electron chi connectivity index (χ0n) is 6.60. The lowest BCUT2D eigenvalue weighted by Crippen LogP contribution is -1.98. The van der Waals surface area contributed by atoms with E-state index in [9.17, 15) is 0 Å². The normalized spacial score (nSPS) is 10.0. The highest BCUT2D eigenvalue weighted by Gasteiger charge is 2.06. The highest BCUT2D eigenvalue weighted by atomic mass is 35.5. The number of ether oxygens (including phenoxy) is 1. The van der Waals surface area contributed by atoms with Crippen molar-refractivity contribution in [2.24, 2.45) is 5.73 Å². The number of benzene rings is 1. The Morgan fingerprint density at radius 2 is 2.08 bits per heavy atom. The third-order valence-corrected chi connectivity index (χ3v) is 2.17. The highest BCUT2D eigenvalue weighted by molar-refractivity contribution is 6.34. The molecule has 0 aromatic heterocycles. The van der Waals surface area contributed by atoms with Crippen LogP contribution in [0.4, 0.5) is 0 Å². The molecule has 0 amide bonds. The Morgan fingerprint density at radius 1 is 1.42 bits per heavy atom. The van der Waals surface area contributed by atoms with Crippen LogP contribution in [0.25, 0.3) is 0 Å². The summed E-state index contributed by atoms with van der Waals surface area (Å²) < 4.78 is 5.00. The van der Waals surface area contributed by atoms with Crippen LogP contribution in [0.15, 0.2) is 12.1 Å². The molecule has 4 heteroatoms. The van der Waals surface area contributed by atoms with Gasteiger partial charge in [0.25, 0.3) is 0 Å². The van der Waals surface area contributed by atoms with Crippen LogP contribution in [0.5, 0.6) is 5.75 Å². The predicted molar refractivity (Wildman–Crippen MR) is 50.9 cm³/mol. The molecule has 1 aromatic rings. The lowest BCUT2D eigenvalue weighted by Gasteiger charge is -2.07. The van der Waals surface area contributed by atoms with Gasteiger partial charge in [-0.05, 0) is 11.6 Å². The molecule has 0 saturated heterocycles. The summed E-state index contributed by atoms with van der Waals surface area (Å²) >= 11 is 11.7. The minimum Gasteiger partial charge on any atom is -0.495 e. The smallest absolute Gasteiger partial charge is 0.139 e. The maximum absolute atomic E-state index is 5.92. The van der Waals surface area contributed by atoms with Crippen LogP contribution < -0.4 is 10.5 Å². The Kier molecular flexibility index (Phi) is 3.20. The zero-order valence-corrected chi connectivity index (χ0v) is 8.12. The second kappa shape index (κ2) is 3.99. The largest absolute Gasteiger partial charge is 0.495 e. The SMILES string of the molecule is COc1cc(Cl)cc(CN)c1Cl. The van der Waals surface area contributed by atoms with Crippen LogP contribution in [0, 0.1) is 0 Å². The van der Waals surface area contributed by atoms with Crippen molar-refractivity contribution in [3.63, 3.8) is 0 Å². The van der Waals surface area contributed by atoms with Crippen molar-refractivity contribution >= 4 is 23.2 Å². The average Bonchev–Trinajstić information content (AvgIpc) is 2.08. The molecule has 0 aliphatic heterocycles. The molecule has 0 spiro atoms. The second-order valence-electron chi connectivity index (χ2n) is 2.29. The molecule has 1 aromatic carbocycles. The summed E-state index contributed by atoms with van der Waals surface area (Å²) in [5, 5.41) is 1.11. The summed E-state index contributed by atoms with van der Waals surface area (Å²) in [7, 11) is 1.54. The lowest BCUT2D eigenvalue weighted by molar-refractivity contribution is 0.414. The molecular weight excluding hydrogens is 197 g/mol. The number of nitrogens with two attached hydrogens (primary N) is 1. The van der Waals surface area contributed by atoms with Gasteiger partial charge in [-0.3, -0.25) is 0 Å². The highest BCUT2D eigenvalue weighted by Crippen LogP contribution is 2.31. The summed E-state index contributed by atoms with van der Waals surface area (Å²) in [5.41, 5.74) is 6.24. The molecule has 66 valence electrons. The van der Waals surface area contributed by atoms with E-state index in [-0.39, 0.29) is 0 Å². The van der Waals surface area contributed by atoms with E-state index in [4.69, 9.17) is 33.7 Å². The minimum absolute atomic E-state index is 0.357. The fourth-order valence-electron chi connectivity index (χ4n) is 0.915. The minimum atomic E-state index is 0.357. The van der Waals surface area contributed by atoms with E-state index in [2.05, 4.69) is 0 Å². The van der Waals surface area contributed by atoms with E-state index >= 15 is 0 Å². The summed E-state index contributed by atoms with van der Waals surface area (Å²) in [6, 6.07) is 3.38. The van der Waals surface area contributed by atoms with E-state index in [1.807, 2.05) is 0 Å². The van der Waals surface area contributed by atoms with Crippen molar-refractivity contribution in [3.8, 4) is 5.75 Å². The van der Waals surface area contributed by atoms with Gasteiger partial charge in [-0.1, -0.05) is 23.2 Å².